The smallest absolute Gasteiger partial charge is 0.191 e. The van der Waals surface area contributed by atoms with Crippen LogP contribution in [-0.2, 0) is 13.0 Å². The molecule has 0 saturated heterocycles. The van der Waals surface area contributed by atoms with Gasteiger partial charge in [0.1, 0.15) is 17.7 Å². The Hall–Kier alpha value is -1.53. The summed E-state index contributed by atoms with van der Waals surface area (Å²) < 4.78 is 8.05. The predicted molar refractivity (Wildman–Crippen MR) is 83.8 cm³/mol. The van der Waals surface area contributed by atoms with Gasteiger partial charge in [-0.2, -0.15) is 0 Å². The molecule has 1 aromatic carbocycles. The highest BCUT2D eigenvalue weighted by molar-refractivity contribution is 7.99. The minimum Gasteiger partial charge on any atom is -0.489 e. The summed E-state index contributed by atoms with van der Waals surface area (Å²) in [6.45, 7) is 5.42. The molecular formula is C15H20N4OS. The summed E-state index contributed by atoms with van der Waals surface area (Å²) in [6.07, 6.45) is 1.17. The van der Waals surface area contributed by atoms with E-state index in [1.165, 1.54) is 11.1 Å². The van der Waals surface area contributed by atoms with Crippen molar-refractivity contribution in [1.29, 1.82) is 0 Å². The van der Waals surface area contributed by atoms with Crippen molar-refractivity contribution in [2.24, 2.45) is 5.73 Å². The molecule has 3 rings (SSSR count). The Bertz CT molecular complexity index is 641. The highest BCUT2D eigenvalue weighted by Crippen LogP contribution is 2.31. The van der Waals surface area contributed by atoms with Crippen molar-refractivity contribution in [3.05, 3.63) is 35.2 Å². The number of fused-ring (bicyclic) bond motifs is 1. The standard InChI is InChI=1S/C15H20N4OS/c1-10-3-4-14-12(7-10)8-13(20-14)9-21-15-18-17-11(2)19(15)6-5-16/h3-4,7,13H,5-6,8-9,16H2,1-2H3. The number of hydrogen-bond donors (Lipinski definition) is 1. The summed E-state index contributed by atoms with van der Waals surface area (Å²) in [5.74, 6) is 2.80. The van der Waals surface area contributed by atoms with Gasteiger partial charge in [0.2, 0.25) is 0 Å². The van der Waals surface area contributed by atoms with Crippen LogP contribution in [0.2, 0.25) is 0 Å². The third-order valence-electron chi connectivity index (χ3n) is 3.61. The average Bonchev–Trinajstić information content (AvgIpc) is 3.01. The van der Waals surface area contributed by atoms with Gasteiger partial charge in [-0.3, -0.25) is 0 Å². The minimum atomic E-state index is 0.204. The predicted octanol–water partition coefficient (Wildman–Crippen LogP) is 1.95. The number of benzene rings is 1. The monoisotopic (exact) mass is 304 g/mol. The lowest BCUT2D eigenvalue weighted by molar-refractivity contribution is 0.259. The van der Waals surface area contributed by atoms with Crippen LogP contribution in [0.1, 0.15) is 17.0 Å². The molecule has 21 heavy (non-hydrogen) atoms. The lowest BCUT2D eigenvalue weighted by Gasteiger charge is -2.11. The number of aryl methyl sites for hydroxylation is 2. The largest absolute Gasteiger partial charge is 0.489 e. The van der Waals surface area contributed by atoms with Crippen LogP contribution in [0, 0.1) is 13.8 Å². The fourth-order valence-corrected chi connectivity index (χ4v) is 3.56. The van der Waals surface area contributed by atoms with Crippen molar-refractivity contribution >= 4 is 11.8 Å². The van der Waals surface area contributed by atoms with E-state index >= 15 is 0 Å². The first kappa shape index (κ1) is 14.4. The molecule has 5 nitrogen and oxygen atoms in total. The Kier molecular flexibility index (Phi) is 4.17. The first-order valence-corrected chi connectivity index (χ1v) is 8.15. The number of rotatable bonds is 5. The van der Waals surface area contributed by atoms with E-state index in [2.05, 4.69) is 39.9 Å². The molecular weight excluding hydrogens is 284 g/mol. The summed E-state index contributed by atoms with van der Waals surface area (Å²) in [5.41, 5.74) is 8.22. The van der Waals surface area contributed by atoms with Crippen LogP contribution < -0.4 is 10.5 Å². The van der Waals surface area contributed by atoms with Crippen LogP contribution >= 0.6 is 11.8 Å². The Morgan fingerprint density at radius 2 is 2.24 bits per heavy atom. The summed E-state index contributed by atoms with van der Waals surface area (Å²) >= 11 is 1.69. The quantitative estimate of drug-likeness (QED) is 0.855. The molecule has 0 radical (unpaired) electrons. The zero-order valence-electron chi connectivity index (χ0n) is 12.4. The fraction of sp³-hybridized carbons (Fsp3) is 0.467. The first-order valence-electron chi connectivity index (χ1n) is 7.16. The molecule has 2 N–H and O–H groups in total. The van der Waals surface area contributed by atoms with Gasteiger partial charge in [0.15, 0.2) is 5.16 Å². The maximum atomic E-state index is 5.99. The number of thioether (sulfide) groups is 1. The molecule has 1 aromatic heterocycles. The topological polar surface area (TPSA) is 66.0 Å². The molecule has 0 fully saturated rings. The molecule has 0 bridgehead atoms. The minimum absolute atomic E-state index is 0.204. The van der Waals surface area contributed by atoms with E-state index in [0.29, 0.717) is 6.54 Å². The fourth-order valence-electron chi connectivity index (χ4n) is 2.56. The van der Waals surface area contributed by atoms with Crippen LogP contribution in [-0.4, -0.2) is 33.2 Å². The maximum Gasteiger partial charge on any atom is 0.191 e. The highest BCUT2D eigenvalue weighted by atomic mass is 32.2. The summed E-state index contributed by atoms with van der Waals surface area (Å²) in [5, 5.41) is 9.28. The van der Waals surface area contributed by atoms with Gasteiger partial charge in [-0.1, -0.05) is 29.5 Å². The number of nitrogens with zero attached hydrogens (tertiary/aromatic N) is 3. The third-order valence-corrected chi connectivity index (χ3v) is 4.71. The van der Waals surface area contributed by atoms with Gasteiger partial charge in [-0.25, -0.2) is 0 Å². The molecule has 2 heterocycles. The molecule has 112 valence electrons. The Morgan fingerprint density at radius 3 is 3.05 bits per heavy atom. The molecule has 1 atom stereocenters. The van der Waals surface area contributed by atoms with E-state index in [9.17, 15) is 0 Å². The molecule has 1 aliphatic rings. The lowest BCUT2D eigenvalue weighted by atomic mass is 10.1. The summed E-state index contributed by atoms with van der Waals surface area (Å²) in [7, 11) is 0. The highest BCUT2D eigenvalue weighted by Gasteiger charge is 2.23. The summed E-state index contributed by atoms with van der Waals surface area (Å²) in [4.78, 5) is 0. The van der Waals surface area contributed by atoms with Crippen molar-refractivity contribution in [3.63, 3.8) is 0 Å². The average molecular weight is 304 g/mol. The van der Waals surface area contributed by atoms with Crippen molar-refractivity contribution in [1.82, 2.24) is 14.8 Å². The van der Waals surface area contributed by atoms with Gasteiger partial charge in [0.25, 0.3) is 0 Å². The van der Waals surface area contributed by atoms with E-state index in [1.54, 1.807) is 11.8 Å². The molecule has 6 heteroatoms. The number of nitrogens with two attached hydrogens (primary N) is 1. The van der Waals surface area contributed by atoms with Gasteiger partial charge in [-0.15, -0.1) is 10.2 Å². The molecule has 0 amide bonds. The molecule has 0 saturated carbocycles. The molecule has 2 aromatic rings. The molecule has 1 unspecified atom stereocenters. The van der Waals surface area contributed by atoms with E-state index < -0.39 is 0 Å². The van der Waals surface area contributed by atoms with Crippen LogP contribution in [0.5, 0.6) is 5.75 Å². The lowest BCUT2D eigenvalue weighted by Crippen LogP contribution is -2.17. The molecule has 0 spiro atoms. The van der Waals surface area contributed by atoms with Crippen LogP contribution in [0.25, 0.3) is 0 Å². The second kappa shape index (κ2) is 6.07. The van der Waals surface area contributed by atoms with Crippen molar-refractivity contribution < 1.29 is 4.74 Å². The normalized spacial score (nSPS) is 16.8. The Morgan fingerprint density at radius 1 is 1.38 bits per heavy atom. The number of aromatic nitrogens is 3. The van der Waals surface area contributed by atoms with Gasteiger partial charge in [0.05, 0.1) is 0 Å². The molecule has 0 aliphatic carbocycles. The van der Waals surface area contributed by atoms with E-state index in [4.69, 9.17) is 10.5 Å². The second-order valence-corrected chi connectivity index (χ2v) is 6.32. The first-order chi connectivity index (χ1) is 10.2. The Labute approximate surface area is 128 Å². The van der Waals surface area contributed by atoms with Crippen molar-refractivity contribution in [2.75, 3.05) is 12.3 Å². The molecule has 1 aliphatic heterocycles. The van der Waals surface area contributed by atoms with Gasteiger partial charge < -0.3 is 15.0 Å². The number of ether oxygens (including phenoxy) is 1. The van der Waals surface area contributed by atoms with Gasteiger partial charge >= 0.3 is 0 Å². The van der Waals surface area contributed by atoms with Crippen molar-refractivity contribution in [2.45, 2.75) is 38.1 Å². The zero-order valence-corrected chi connectivity index (χ0v) is 13.2. The van der Waals surface area contributed by atoms with Crippen molar-refractivity contribution in [3.8, 4) is 5.75 Å². The van der Waals surface area contributed by atoms with Gasteiger partial charge in [-0.05, 0) is 25.5 Å². The SMILES string of the molecule is Cc1ccc2c(c1)CC(CSc1nnc(C)n1CCN)O2. The van der Waals surface area contributed by atoms with E-state index in [0.717, 1.165) is 35.4 Å². The Balaban J connectivity index is 1.62. The zero-order chi connectivity index (χ0) is 14.8. The van der Waals surface area contributed by atoms with E-state index in [-0.39, 0.29) is 6.10 Å². The third kappa shape index (κ3) is 3.06. The van der Waals surface area contributed by atoms with Crippen LogP contribution in [0.3, 0.4) is 0 Å². The van der Waals surface area contributed by atoms with E-state index in [1.807, 2.05) is 6.92 Å². The van der Waals surface area contributed by atoms with Crippen LogP contribution in [0.4, 0.5) is 0 Å². The maximum absolute atomic E-state index is 5.99. The van der Waals surface area contributed by atoms with Gasteiger partial charge in [0, 0.05) is 25.3 Å². The number of hydrogen-bond acceptors (Lipinski definition) is 5. The second-order valence-electron chi connectivity index (χ2n) is 5.34. The summed E-state index contributed by atoms with van der Waals surface area (Å²) in [6, 6.07) is 6.37. The van der Waals surface area contributed by atoms with Crippen LogP contribution in [0.15, 0.2) is 23.4 Å².